The van der Waals surface area contributed by atoms with Gasteiger partial charge in [0.25, 0.3) is 0 Å². The van der Waals surface area contributed by atoms with Crippen LogP contribution in [0.25, 0.3) is 6.08 Å². The fourth-order valence-corrected chi connectivity index (χ4v) is 2.18. The van der Waals surface area contributed by atoms with Crippen molar-refractivity contribution in [1.82, 2.24) is 0 Å². The van der Waals surface area contributed by atoms with Gasteiger partial charge in [-0.25, -0.2) is 0 Å². The van der Waals surface area contributed by atoms with E-state index in [1.165, 1.54) is 0 Å². The van der Waals surface area contributed by atoms with Crippen LogP contribution in [0.5, 0.6) is 0 Å². The van der Waals surface area contributed by atoms with Crippen molar-refractivity contribution in [3.05, 3.63) is 71.8 Å². The first-order valence-corrected chi connectivity index (χ1v) is 5.97. The van der Waals surface area contributed by atoms with E-state index in [1.54, 1.807) is 0 Å². The van der Waals surface area contributed by atoms with Crippen LogP contribution in [0.3, 0.4) is 0 Å². The zero-order valence-corrected chi connectivity index (χ0v) is 9.84. The molecule has 0 radical (unpaired) electrons. The van der Waals surface area contributed by atoms with Gasteiger partial charge in [-0.1, -0.05) is 60.7 Å². The summed E-state index contributed by atoms with van der Waals surface area (Å²) in [5.41, 5.74) is 2.93. The van der Waals surface area contributed by atoms with Gasteiger partial charge in [0.1, 0.15) is 0 Å². The van der Waals surface area contributed by atoms with Crippen LogP contribution < -0.4 is 5.32 Å². The summed E-state index contributed by atoms with van der Waals surface area (Å²) in [5, 5.41) is 2.97. The van der Waals surface area contributed by atoms with Crippen LogP contribution >= 0.6 is 0 Å². The number of carbonyl (C=O) groups excluding carboxylic acids is 1. The summed E-state index contributed by atoms with van der Waals surface area (Å²) < 4.78 is 0. The number of rotatable bonds is 1. The second kappa shape index (κ2) is 4.49. The van der Waals surface area contributed by atoms with E-state index in [2.05, 4.69) is 5.32 Å². The van der Waals surface area contributed by atoms with E-state index in [4.69, 9.17) is 0 Å². The first kappa shape index (κ1) is 10.8. The van der Waals surface area contributed by atoms with Crippen LogP contribution in [0.4, 0.5) is 5.69 Å². The van der Waals surface area contributed by atoms with Gasteiger partial charge in [-0.2, -0.15) is 0 Å². The van der Waals surface area contributed by atoms with Crippen LogP contribution in [-0.2, 0) is 4.79 Å². The zero-order valence-electron chi connectivity index (χ0n) is 9.84. The molecule has 1 unspecified atom stereocenters. The molecule has 1 N–H and O–H groups in total. The lowest BCUT2D eigenvalue weighted by molar-refractivity contribution is -0.116. The monoisotopic (exact) mass is 235 g/mol. The summed E-state index contributed by atoms with van der Waals surface area (Å²) in [6.45, 7) is 0. The number of benzene rings is 2. The lowest BCUT2D eigenvalue weighted by atomic mass is 9.98. The molecule has 0 saturated heterocycles. The molecule has 0 aromatic heterocycles. The summed E-state index contributed by atoms with van der Waals surface area (Å²) in [6, 6.07) is 17.6. The number of amides is 1. The molecule has 2 aromatic rings. The fraction of sp³-hybridized carbons (Fsp3) is 0.0625. The van der Waals surface area contributed by atoms with Gasteiger partial charge in [0, 0.05) is 5.69 Å². The Morgan fingerprint density at radius 1 is 0.889 bits per heavy atom. The smallest absolute Gasteiger partial charge is 0.235 e. The predicted octanol–water partition coefficient (Wildman–Crippen LogP) is 3.44. The molecule has 0 spiro atoms. The molecule has 2 nitrogen and oxygen atoms in total. The maximum absolute atomic E-state index is 12.2. The third kappa shape index (κ3) is 1.93. The van der Waals surface area contributed by atoms with Crippen LogP contribution in [-0.4, -0.2) is 5.91 Å². The molecule has 1 heterocycles. The number of nitrogens with one attached hydrogen (secondary N) is 1. The summed E-state index contributed by atoms with van der Waals surface area (Å²) in [4.78, 5) is 12.2. The lowest BCUT2D eigenvalue weighted by Crippen LogP contribution is -2.18. The van der Waals surface area contributed by atoms with Gasteiger partial charge in [-0.3, -0.25) is 4.79 Å². The zero-order chi connectivity index (χ0) is 12.4. The average molecular weight is 235 g/mol. The highest BCUT2D eigenvalue weighted by Gasteiger charge is 2.20. The predicted molar refractivity (Wildman–Crippen MR) is 73.3 cm³/mol. The highest BCUT2D eigenvalue weighted by molar-refractivity contribution is 6.01. The molecule has 1 aliphatic heterocycles. The Labute approximate surface area is 106 Å². The van der Waals surface area contributed by atoms with E-state index < -0.39 is 0 Å². The minimum Gasteiger partial charge on any atom is -0.325 e. The first-order chi connectivity index (χ1) is 8.84. The van der Waals surface area contributed by atoms with Gasteiger partial charge < -0.3 is 5.32 Å². The van der Waals surface area contributed by atoms with Crippen LogP contribution in [0.2, 0.25) is 0 Å². The first-order valence-electron chi connectivity index (χ1n) is 5.97. The third-order valence-electron chi connectivity index (χ3n) is 3.13. The van der Waals surface area contributed by atoms with E-state index in [1.807, 2.05) is 66.7 Å². The highest BCUT2D eigenvalue weighted by Crippen LogP contribution is 2.27. The van der Waals surface area contributed by atoms with Gasteiger partial charge >= 0.3 is 0 Å². The molecule has 0 fully saturated rings. The molecule has 1 atom stereocenters. The number of carbonyl (C=O) groups is 1. The van der Waals surface area contributed by atoms with Gasteiger partial charge in [-0.05, 0) is 17.2 Å². The topological polar surface area (TPSA) is 29.1 Å². The van der Waals surface area contributed by atoms with E-state index in [0.717, 1.165) is 16.8 Å². The second-order valence-electron chi connectivity index (χ2n) is 4.32. The van der Waals surface area contributed by atoms with Crippen molar-refractivity contribution in [2.24, 2.45) is 0 Å². The second-order valence-corrected chi connectivity index (χ2v) is 4.32. The molecule has 2 aromatic carbocycles. The van der Waals surface area contributed by atoms with E-state index >= 15 is 0 Å². The van der Waals surface area contributed by atoms with Gasteiger partial charge in [-0.15, -0.1) is 0 Å². The van der Waals surface area contributed by atoms with Crippen LogP contribution in [0, 0.1) is 0 Å². The van der Waals surface area contributed by atoms with Crippen LogP contribution in [0.1, 0.15) is 17.0 Å². The Kier molecular flexibility index (Phi) is 2.69. The Morgan fingerprint density at radius 2 is 1.61 bits per heavy atom. The average Bonchev–Trinajstić information content (AvgIpc) is 2.58. The molecular formula is C16H13NO. The molecule has 1 amide bonds. The van der Waals surface area contributed by atoms with E-state index in [0.29, 0.717) is 0 Å². The molecule has 1 aliphatic rings. The largest absolute Gasteiger partial charge is 0.325 e. The maximum Gasteiger partial charge on any atom is 0.235 e. The molecule has 3 rings (SSSR count). The molecule has 18 heavy (non-hydrogen) atoms. The molecular weight excluding hydrogens is 222 g/mol. The Balaban J connectivity index is 2.00. The van der Waals surface area contributed by atoms with E-state index in [9.17, 15) is 4.79 Å². The SMILES string of the molecule is O=C1Nc2ccccc2C=CC1c1ccccc1. The highest BCUT2D eigenvalue weighted by atomic mass is 16.1. The van der Waals surface area contributed by atoms with Crippen molar-refractivity contribution >= 4 is 17.7 Å². The van der Waals surface area contributed by atoms with Gasteiger partial charge in [0.2, 0.25) is 5.91 Å². The number of anilines is 1. The third-order valence-corrected chi connectivity index (χ3v) is 3.13. The Hall–Kier alpha value is -2.35. The van der Waals surface area contributed by atoms with Crippen molar-refractivity contribution in [3.8, 4) is 0 Å². The van der Waals surface area contributed by atoms with Gasteiger partial charge in [0.05, 0.1) is 5.92 Å². The Morgan fingerprint density at radius 3 is 2.44 bits per heavy atom. The van der Waals surface area contributed by atoms with Crippen molar-refractivity contribution in [1.29, 1.82) is 0 Å². The molecule has 0 bridgehead atoms. The summed E-state index contributed by atoms with van der Waals surface area (Å²) in [5.74, 6) is -0.207. The summed E-state index contributed by atoms with van der Waals surface area (Å²) in [7, 11) is 0. The lowest BCUT2D eigenvalue weighted by Gasteiger charge is -2.11. The molecule has 88 valence electrons. The van der Waals surface area contributed by atoms with Crippen molar-refractivity contribution in [3.63, 3.8) is 0 Å². The fourth-order valence-electron chi connectivity index (χ4n) is 2.18. The van der Waals surface area contributed by atoms with Crippen molar-refractivity contribution in [2.45, 2.75) is 5.92 Å². The van der Waals surface area contributed by atoms with Crippen molar-refractivity contribution < 1.29 is 4.79 Å². The maximum atomic E-state index is 12.2. The number of hydrogen-bond acceptors (Lipinski definition) is 1. The number of para-hydroxylation sites is 1. The van der Waals surface area contributed by atoms with Crippen LogP contribution in [0.15, 0.2) is 60.7 Å². The quantitative estimate of drug-likeness (QED) is 0.806. The van der Waals surface area contributed by atoms with E-state index in [-0.39, 0.29) is 11.8 Å². The molecule has 0 saturated carbocycles. The minimum atomic E-state index is -0.224. The summed E-state index contributed by atoms with van der Waals surface area (Å²) >= 11 is 0. The number of fused-ring (bicyclic) bond motifs is 1. The molecule has 0 aliphatic carbocycles. The standard InChI is InChI=1S/C16H13NO/c18-16-14(12-6-2-1-3-7-12)11-10-13-8-4-5-9-15(13)17-16/h1-11,14H,(H,17,18). The van der Waals surface area contributed by atoms with Gasteiger partial charge in [0.15, 0.2) is 0 Å². The number of hydrogen-bond donors (Lipinski definition) is 1. The molecule has 2 heteroatoms. The minimum absolute atomic E-state index is 0.0161. The van der Waals surface area contributed by atoms with Crippen molar-refractivity contribution in [2.75, 3.05) is 5.32 Å². The summed E-state index contributed by atoms with van der Waals surface area (Å²) in [6.07, 6.45) is 3.96. The normalized spacial score (nSPS) is 17.8. The Bertz CT molecular complexity index is 602.